The summed E-state index contributed by atoms with van der Waals surface area (Å²) in [6.07, 6.45) is -7.22. The minimum Gasteiger partial charge on any atom is -0.423 e. The Hall–Kier alpha value is -5.28. The molecule has 0 aliphatic rings. The quantitative estimate of drug-likeness (QED) is 0.0541. The normalized spacial score (nSPS) is 11.7. The van der Waals surface area contributed by atoms with E-state index in [-0.39, 0.29) is 0 Å². The molecule has 0 atom stereocenters. The van der Waals surface area contributed by atoms with Crippen molar-refractivity contribution in [2.45, 2.75) is 6.61 Å². The van der Waals surface area contributed by atoms with Crippen LogP contribution in [-0.2, 0) is 11.0 Å². The average Bonchev–Trinajstić information content (AvgIpc) is 3.15. The first-order valence-electron chi connectivity index (χ1n) is 14.3. The van der Waals surface area contributed by atoms with E-state index in [1.54, 1.807) is 0 Å². The van der Waals surface area contributed by atoms with Gasteiger partial charge in [-0.1, -0.05) is 30.3 Å². The van der Waals surface area contributed by atoms with Gasteiger partial charge in [0.1, 0.15) is 66.9 Å². The van der Waals surface area contributed by atoms with E-state index < -0.39 is 144 Å². The van der Waals surface area contributed by atoms with E-state index in [1.165, 1.54) is 5.56 Å². The van der Waals surface area contributed by atoms with Gasteiger partial charge in [0.2, 0.25) is 0 Å². The summed E-state index contributed by atoms with van der Waals surface area (Å²) >= 11 is 0. The summed E-state index contributed by atoms with van der Waals surface area (Å²) in [5, 5.41) is 0. The highest BCUT2D eigenvalue weighted by Gasteiger charge is 2.52. The molecule has 0 bridgehead atoms. The third-order valence-electron chi connectivity index (χ3n) is 8.01. The van der Waals surface area contributed by atoms with Gasteiger partial charge in [0.15, 0.2) is 76.4 Å². The Bertz CT molecular complexity index is 1950. The van der Waals surface area contributed by atoms with Crippen LogP contribution in [0.3, 0.4) is 0 Å². The van der Waals surface area contributed by atoms with Gasteiger partial charge >= 0.3 is 0 Å². The topological polar surface area (TPSA) is 2.70 Å². The van der Waals surface area contributed by atoms with Gasteiger partial charge in [-0.3, -0.25) is 0 Å². The van der Waals surface area contributed by atoms with Crippen molar-refractivity contribution < 1.29 is 92.2 Å². The van der Waals surface area contributed by atoms with E-state index in [0.29, 0.717) is 0 Å². The van der Waals surface area contributed by atoms with Gasteiger partial charge in [-0.05, 0) is 0 Å². The molecule has 0 fully saturated rings. The van der Waals surface area contributed by atoms with Crippen molar-refractivity contribution in [3.05, 3.63) is 152 Å². The molecule has 55 heavy (non-hydrogen) atoms. The van der Waals surface area contributed by atoms with E-state index in [0.717, 1.165) is 6.61 Å². The predicted octanol–water partition coefficient (Wildman–Crippen LogP) is 7.84. The standard InChI is InChI=1S/C24BF20.C9H13O/c26-5-1(6(27)14(35)21(42)13(5)34)25(2-7(28)15(36)22(43)16(37)8(2)29,3-9(30)17(38)23(44)18(39)10(3)31)4-11(32)19(40)24(45)20(41)12(4)33;1-10(2)8-9-6-4-3-5-7-9/h;3-7H,8H2,1-2H3/q-1;+1. The van der Waals surface area contributed by atoms with Gasteiger partial charge in [0, 0.05) is 5.56 Å². The second-order valence-electron chi connectivity index (χ2n) is 11.4. The first-order chi connectivity index (χ1) is 25.5. The summed E-state index contributed by atoms with van der Waals surface area (Å²) in [6.45, 7) is 0.945. The molecule has 294 valence electrons. The van der Waals surface area contributed by atoms with Crippen LogP contribution in [0, 0.1) is 116 Å². The third-order valence-corrected chi connectivity index (χ3v) is 8.01. The first-order valence-corrected chi connectivity index (χ1v) is 14.3. The van der Waals surface area contributed by atoms with Gasteiger partial charge in [-0.2, -0.15) is 0 Å². The van der Waals surface area contributed by atoms with Crippen molar-refractivity contribution in [3.8, 4) is 0 Å². The van der Waals surface area contributed by atoms with Crippen molar-refractivity contribution in [2.75, 3.05) is 14.2 Å². The minimum atomic E-state index is -7.22. The van der Waals surface area contributed by atoms with Crippen molar-refractivity contribution in [3.63, 3.8) is 0 Å². The number of hydrogen-bond acceptors (Lipinski definition) is 0. The lowest BCUT2D eigenvalue weighted by Gasteiger charge is -2.44. The zero-order valence-corrected chi connectivity index (χ0v) is 26.6. The van der Waals surface area contributed by atoms with Gasteiger partial charge < -0.3 is 4.37 Å². The maximum atomic E-state index is 15.4. The highest BCUT2D eigenvalue weighted by Crippen LogP contribution is 2.30. The van der Waals surface area contributed by atoms with Crippen LogP contribution in [-0.4, -0.2) is 20.4 Å². The van der Waals surface area contributed by atoms with E-state index in [1.807, 2.05) is 20.3 Å². The zero-order chi connectivity index (χ0) is 41.8. The van der Waals surface area contributed by atoms with E-state index in [9.17, 15) is 52.7 Å². The van der Waals surface area contributed by atoms with E-state index >= 15 is 35.1 Å². The number of rotatable bonds is 6. The molecule has 0 amide bonds. The molecular formula is C33H13BF20O. The highest BCUT2D eigenvalue weighted by molar-refractivity contribution is 7.20. The third kappa shape index (κ3) is 6.62. The van der Waals surface area contributed by atoms with Crippen molar-refractivity contribution >= 4 is 28.0 Å². The summed E-state index contributed by atoms with van der Waals surface area (Å²) in [6, 6.07) is 10.4. The average molecular weight is 816 g/mol. The molecule has 0 aromatic heterocycles. The highest BCUT2D eigenvalue weighted by atomic mass is 19.2. The molecule has 22 heteroatoms. The summed E-state index contributed by atoms with van der Waals surface area (Å²) in [5.74, 6) is -71.4. The fourth-order valence-corrected chi connectivity index (χ4v) is 5.78. The van der Waals surface area contributed by atoms with E-state index in [4.69, 9.17) is 0 Å². The van der Waals surface area contributed by atoms with Crippen molar-refractivity contribution in [1.29, 1.82) is 0 Å². The molecule has 0 unspecified atom stereocenters. The Morgan fingerprint density at radius 3 is 0.673 bits per heavy atom. The molecule has 0 saturated carbocycles. The second-order valence-corrected chi connectivity index (χ2v) is 11.4. The van der Waals surface area contributed by atoms with E-state index in [2.05, 4.69) is 28.6 Å². The van der Waals surface area contributed by atoms with Gasteiger partial charge in [0.05, 0.1) is 0 Å². The first kappa shape index (κ1) is 42.5. The van der Waals surface area contributed by atoms with Crippen molar-refractivity contribution in [2.24, 2.45) is 0 Å². The van der Waals surface area contributed by atoms with Gasteiger partial charge in [-0.25, -0.2) is 87.8 Å². The van der Waals surface area contributed by atoms with Crippen LogP contribution in [0.15, 0.2) is 30.3 Å². The largest absolute Gasteiger partial charge is 0.423 e. The predicted molar refractivity (Wildman–Crippen MR) is 152 cm³/mol. The molecule has 0 aliphatic carbocycles. The molecule has 0 spiro atoms. The van der Waals surface area contributed by atoms with Crippen LogP contribution in [0.2, 0.25) is 0 Å². The monoisotopic (exact) mass is 816 g/mol. The lowest BCUT2D eigenvalue weighted by molar-refractivity contribution is -0.0690. The Labute approximate surface area is 293 Å². The molecule has 0 N–H and O–H groups in total. The molecule has 0 aliphatic heterocycles. The zero-order valence-electron chi connectivity index (χ0n) is 26.6. The summed E-state index contributed by atoms with van der Waals surface area (Å²) in [4.78, 5) is 0. The Morgan fingerprint density at radius 1 is 0.309 bits per heavy atom. The van der Waals surface area contributed by atoms with Crippen molar-refractivity contribution in [1.82, 2.24) is 0 Å². The minimum absolute atomic E-state index is 0.945. The van der Waals surface area contributed by atoms with Gasteiger partial charge in [-0.15, -0.1) is 21.9 Å². The molecule has 5 aromatic rings. The lowest BCUT2D eigenvalue weighted by Crippen LogP contribution is -2.81. The van der Waals surface area contributed by atoms with Crippen LogP contribution in [0.1, 0.15) is 5.56 Å². The Balaban J connectivity index is 0.000000583. The molecular weight excluding hydrogens is 803 g/mol. The molecule has 0 heterocycles. The smallest absolute Gasteiger partial charge is 0.200 e. The fraction of sp³-hybridized carbons (Fsp3) is 0.0909. The number of hydrogen-bond donors (Lipinski definition) is 0. The molecule has 0 radical (unpaired) electrons. The Morgan fingerprint density at radius 2 is 0.491 bits per heavy atom. The second kappa shape index (κ2) is 15.5. The van der Waals surface area contributed by atoms with Crippen LogP contribution in [0.25, 0.3) is 0 Å². The SMILES string of the molecule is C[O+](C)Cc1ccccc1.Fc1c(F)c(F)c([B-](c2c(F)c(F)c(F)c(F)c2F)(c2c(F)c(F)c(F)c(F)c2F)c2c(F)c(F)c(F)c(F)c2F)c(F)c1F. The van der Waals surface area contributed by atoms with Crippen LogP contribution >= 0.6 is 0 Å². The summed E-state index contributed by atoms with van der Waals surface area (Å²) in [7, 11) is 3.99. The molecule has 5 rings (SSSR count). The van der Waals surface area contributed by atoms with Gasteiger partial charge in [0.25, 0.3) is 0 Å². The molecule has 0 saturated heterocycles. The molecule has 1 nitrogen and oxygen atoms in total. The molecule has 5 aromatic carbocycles. The summed E-state index contributed by atoms with van der Waals surface area (Å²) in [5.41, 5.74) is -13.0. The maximum absolute atomic E-state index is 15.4. The maximum Gasteiger partial charge on any atom is 0.200 e. The lowest BCUT2D eigenvalue weighted by atomic mass is 9.12. The fourth-order valence-electron chi connectivity index (χ4n) is 5.78. The van der Waals surface area contributed by atoms with Crippen LogP contribution < -0.4 is 21.9 Å². The van der Waals surface area contributed by atoms with Crippen LogP contribution in [0.5, 0.6) is 0 Å². The Kier molecular flexibility index (Phi) is 11.9. The number of benzene rings is 5. The number of halogens is 20. The summed E-state index contributed by atoms with van der Waals surface area (Å²) < 4.78 is 297. The van der Waals surface area contributed by atoms with Crippen LogP contribution in [0.4, 0.5) is 87.8 Å².